The van der Waals surface area contributed by atoms with Crippen molar-refractivity contribution in [1.29, 1.82) is 0 Å². The molecule has 1 atom stereocenters. The molecule has 25 heavy (non-hydrogen) atoms. The minimum absolute atomic E-state index is 0.0863. The Bertz CT molecular complexity index is 698. The van der Waals surface area contributed by atoms with E-state index in [4.69, 9.17) is 21.1 Å². The van der Waals surface area contributed by atoms with Gasteiger partial charge in [-0.25, -0.2) is 4.98 Å². The van der Waals surface area contributed by atoms with Crippen LogP contribution in [0.2, 0.25) is 5.02 Å². The number of nitrogens with one attached hydrogen (secondary N) is 2. The van der Waals surface area contributed by atoms with E-state index in [-0.39, 0.29) is 18.6 Å². The fraction of sp³-hybridized carbons (Fsp3) is 0.556. The van der Waals surface area contributed by atoms with Crippen molar-refractivity contribution in [3.8, 4) is 0 Å². The number of hydrogen-bond donors (Lipinski definition) is 2. The lowest BCUT2D eigenvalue weighted by molar-refractivity contribution is -0.127. The Labute approximate surface area is 152 Å². The summed E-state index contributed by atoms with van der Waals surface area (Å²) in [6.45, 7) is 1.98. The standard InChI is InChI=1S/C18H24ClN3O3/c19-13-6-7-15-16(10-13)22-17(21-15)5-3-8-20-18(23)12-24-11-14-4-1-2-9-25-14/h6-7,10,14H,1-5,8-9,11-12H2,(H,20,23)(H,21,22). The second kappa shape index (κ2) is 9.17. The highest BCUT2D eigenvalue weighted by molar-refractivity contribution is 6.31. The van der Waals surface area contributed by atoms with Crippen LogP contribution in [0, 0.1) is 0 Å². The Morgan fingerprint density at radius 3 is 3.20 bits per heavy atom. The number of carbonyl (C=O) groups excluding carboxylic acids is 1. The molecular formula is C18H24ClN3O3. The first-order valence-corrected chi connectivity index (χ1v) is 9.19. The van der Waals surface area contributed by atoms with Gasteiger partial charge in [-0.3, -0.25) is 4.79 Å². The highest BCUT2D eigenvalue weighted by Gasteiger charge is 2.14. The van der Waals surface area contributed by atoms with E-state index >= 15 is 0 Å². The van der Waals surface area contributed by atoms with E-state index in [1.54, 1.807) is 0 Å². The van der Waals surface area contributed by atoms with E-state index in [9.17, 15) is 4.79 Å². The monoisotopic (exact) mass is 365 g/mol. The summed E-state index contributed by atoms with van der Waals surface area (Å²) < 4.78 is 11.0. The van der Waals surface area contributed by atoms with Crippen LogP contribution in [0.5, 0.6) is 0 Å². The molecular weight excluding hydrogens is 342 g/mol. The third-order valence-corrected chi connectivity index (χ3v) is 4.45. The van der Waals surface area contributed by atoms with E-state index in [0.717, 1.165) is 49.1 Å². The van der Waals surface area contributed by atoms with Gasteiger partial charge in [0.25, 0.3) is 0 Å². The maximum Gasteiger partial charge on any atom is 0.245 e. The molecule has 2 heterocycles. The van der Waals surface area contributed by atoms with Crippen LogP contribution < -0.4 is 5.32 Å². The highest BCUT2D eigenvalue weighted by Crippen LogP contribution is 2.17. The molecule has 1 aliphatic heterocycles. The van der Waals surface area contributed by atoms with Gasteiger partial charge < -0.3 is 19.8 Å². The summed E-state index contributed by atoms with van der Waals surface area (Å²) in [4.78, 5) is 19.5. The van der Waals surface area contributed by atoms with E-state index in [2.05, 4.69) is 15.3 Å². The van der Waals surface area contributed by atoms with Crippen molar-refractivity contribution in [1.82, 2.24) is 15.3 Å². The second-order valence-electron chi connectivity index (χ2n) is 6.30. The normalized spacial score (nSPS) is 17.7. The van der Waals surface area contributed by atoms with Gasteiger partial charge in [0.05, 0.1) is 23.7 Å². The summed E-state index contributed by atoms with van der Waals surface area (Å²) in [5.74, 6) is 0.810. The summed E-state index contributed by atoms with van der Waals surface area (Å²) >= 11 is 5.97. The lowest BCUT2D eigenvalue weighted by Gasteiger charge is -2.22. The lowest BCUT2D eigenvalue weighted by Crippen LogP contribution is -2.31. The highest BCUT2D eigenvalue weighted by atomic mass is 35.5. The minimum Gasteiger partial charge on any atom is -0.376 e. The van der Waals surface area contributed by atoms with Crippen molar-refractivity contribution in [2.75, 3.05) is 26.4 Å². The van der Waals surface area contributed by atoms with Crippen LogP contribution in [-0.4, -0.2) is 48.3 Å². The van der Waals surface area contributed by atoms with Gasteiger partial charge >= 0.3 is 0 Å². The number of imidazole rings is 1. The first kappa shape index (κ1) is 18.2. The molecule has 1 fully saturated rings. The van der Waals surface area contributed by atoms with Gasteiger partial charge in [-0.05, 0) is 43.9 Å². The summed E-state index contributed by atoms with van der Waals surface area (Å²) in [6, 6.07) is 5.59. The third kappa shape index (κ3) is 5.70. The summed E-state index contributed by atoms with van der Waals surface area (Å²) in [5, 5.41) is 3.55. The maximum absolute atomic E-state index is 11.8. The molecule has 1 aromatic heterocycles. The van der Waals surface area contributed by atoms with Gasteiger partial charge in [0.15, 0.2) is 0 Å². The maximum atomic E-state index is 11.8. The summed E-state index contributed by atoms with van der Waals surface area (Å²) in [5.41, 5.74) is 1.84. The van der Waals surface area contributed by atoms with E-state index in [1.165, 1.54) is 6.42 Å². The van der Waals surface area contributed by atoms with E-state index in [0.29, 0.717) is 18.2 Å². The topological polar surface area (TPSA) is 76.2 Å². The number of aryl methyl sites for hydroxylation is 1. The van der Waals surface area contributed by atoms with Crippen molar-refractivity contribution < 1.29 is 14.3 Å². The first-order chi connectivity index (χ1) is 12.2. The van der Waals surface area contributed by atoms with Gasteiger partial charge in [-0.1, -0.05) is 11.6 Å². The molecule has 136 valence electrons. The molecule has 1 saturated heterocycles. The molecule has 6 nitrogen and oxygen atoms in total. The number of H-pyrrole nitrogens is 1. The number of fused-ring (bicyclic) bond motifs is 1. The Hall–Kier alpha value is -1.63. The van der Waals surface area contributed by atoms with Crippen LogP contribution in [0.15, 0.2) is 18.2 Å². The zero-order valence-corrected chi connectivity index (χ0v) is 15.0. The van der Waals surface area contributed by atoms with Gasteiger partial charge in [0.2, 0.25) is 5.91 Å². The first-order valence-electron chi connectivity index (χ1n) is 8.81. The molecule has 1 unspecified atom stereocenters. The molecule has 7 heteroatoms. The van der Waals surface area contributed by atoms with Crippen molar-refractivity contribution in [3.05, 3.63) is 29.0 Å². The summed E-state index contributed by atoms with van der Waals surface area (Å²) in [7, 11) is 0. The molecule has 3 rings (SSSR count). The van der Waals surface area contributed by atoms with Crippen LogP contribution in [0.1, 0.15) is 31.5 Å². The van der Waals surface area contributed by atoms with Crippen LogP contribution in [0.25, 0.3) is 11.0 Å². The third-order valence-electron chi connectivity index (χ3n) is 4.22. The molecule has 2 aromatic rings. The molecule has 0 bridgehead atoms. The quantitative estimate of drug-likeness (QED) is 0.705. The van der Waals surface area contributed by atoms with E-state index < -0.39 is 0 Å². The van der Waals surface area contributed by atoms with Crippen molar-refractivity contribution >= 4 is 28.5 Å². The van der Waals surface area contributed by atoms with Crippen LogP contribution in [-0.2, 0) is 20.7 Å². The number of carbonyl (C=O) groups is 1. The van der Waals surface area contributed by atoms with Gasteiger partial charge in [-0.2, -0.15) is 0 Å². The molecule has 2 N–H and O–H groups in total. The minimum atomic E-state index is -0.0906. The summed E-state index contributed by atoms with van der Waals surface area (Å²) in [6.07, 6.45) is 5.03. The molecule has 0 saturated carbocycles. The zero-order chi connectivity index (χ0) is 17.5. The Morgan fingerprint density at radius 2 is 2.36 bits per heavy atom. The Kier molecular flexibility index (Phi) is 6.67. The lowest BCUT2D eigenvalue weighted by atomic mass is 10.1. The number of amides is 1. The largest absolute Gasteiger partial charge is 0.376 e. The van der Waals surface area contributed by atoms with Gasteiger partial charge in [-0.15, -0.1) is 0 Å². The van der Waals surface area contributed by atoms with Crippen molar-refractivity contribution in [2.24, 2.45) is 0 Å². The van der Waals surface area contributed by atoms with E-state index in [1.807, 2.05) is 18.2 Å². The molecule has 1 aliphatic rings. The fourth-order valence-corrected chi connectivity index (χ4v) is 3.08. The predicted molar refractivity (Wildman–Crippen MR) is 96.8 cm³/mol. The number of benzene rings is 1. The van der Waals surface area contributed by atoms with Crippen LogP contribution in [0.4, 0.5) is 0 Å². The van der Waals surface area contributed by atoms with Crippen molar-refractivity contribution in [3.63, 3.8) is 0 Å². The van der Waals surface area contributed by atoms with Crippen LogP contribution in [0.3, 0.4) is 0 Å². The van der Waals surface area contributed by atoms with Crippen LogP contribution >= 0.6 is 11.6 Å². The molecule has 1 amide bonds. The average Bonchev–Trinajstić information content (AvgIpc) is 3.01. The smallest absolute Gasteiger partial charge is 0.245 e. The van der Waals surface area contributed by atoms with Crippen molar-refractivity contribution in [2.45, 2.75) is 38.2 Å². The number of hydrogen-bond acceptors (Lipinski definition) is 4. The molecule has 0 aliphatic carbocycles. The number of nitrogens with zero attached hydrogens (tertiary/aromatic N) is 1. The van der Waals surface area contributed by atoms with Gasteiger partial charge in [0, 0.05) is 24.6 Å². The zero-order valence-electron chi connectivity index (χ0n) is 14.2. The number of aromatic nitrogens is 2. The molecule has 0 spiro atoms. The SMILES string of the molecule is O=C(COCC1CCCCO1)NCCCc1nc2ccc(Cl)cc2[nH]1. The fourth-order valence-electron chi connectivity index (χ4n) is 2.91. The molecule has 0 radical (unpaired) electrons. The average molecular weight is 366 g/mol. The Balaban J connectivity index is 1.30. The number of halogens is 1. The Morgan fingerprint density at radius 1 is 1.44 bits per heavy atom. The van der Waals surface area contributed by atoms with Gasteiger partial charge in [0.1, 0.15) is 12.4 Å². The molecule has 1 aromatic carbocycles. The number of rotatable bonds is 8. The number of aromatic amines is 1. The predicted octanol–water partition coefficient (Wildman–Crippen LogP) is 2.85. The second-order valence-corrected chi connectivity index (χ2v) is 6.74. The number of ether oxygens (including phenoxy) is 2.